The molecule has 0 spiro atoms. The number of halogens is 1. The molecule has 0 radical (unpaired) electrons. The predicted molar refractivity (Wildman–Crippen MR) is 61.7 cm³/mol. The molecule has 1 rings (SSSR count). The van der Waals surface area contributed by atoms with Gasteiger partial charge in [0, 0.05) is 5.56 Å². The molecule has 4 nitrogen and oxygen atoms in total. The Kier molecular flexibility index (Phi) is 3.83. The van der Waals surface area contributed by atoms with Crippen molar-refractivity contribution in [1.82, 2.24) is 0 Å². The summed E-state index contributed by atoms with van der Waals surface area (Å²) in [5, 5.41) is -0.172. The molecule has 0 atom stereocenters. The van der Waals surface area contributed by atoms with Crippen LogP contribution in [0.5, 0.6) is 0 Å². The fourth-order valence-corrected chi connectivity index (χ4v) is 1.17. The van der Waals surface area contributed by atoms with E-state index in [4.69, 9.17) is 4.74 Å². The van der Waals surface area contributed by atoms with Crippen LogP contribution in [-0.2, 0) is 4.74 Å². The Labute approximate surface area is 98.9 Å². The highest BCUT2D eigenvalue weighted by molar-refractivity contribution is 5.93. The van der Waals surface area contributed by atoms with Crippen LogP contribution in [0.4, 0.5) is 15.0 Å². The Bertz CT molecular complexity index is 426. The quantitative estimate of drug-likeness (QED) is 0.588. The minimum absolute atomic E-state index is 0.0841. The molecule has 0 aromatic heterocycles. The molecule has 0 aliphatic carbocycles. The van der Waals surface area contributed by atoms with E-state index in [1.54, 1.807) is 26.8 Å². The van der Waals surface area contributed by atoms with Crippen molar-refractivity contribution in [1.29, 1.82) is 0 Å². The van der Waals surface area contributed by atoms with Gasteiger partial charge in [0.15, 0.2) is 6.29 Å². The smallest absolute Gasteiger partial charge is 0.442 e. The van der Waals surface area contributed by atoms with Crippen LogP contribution >= 0.6 is 0 Å². The summed E-state index contributed by atoms with van der Waals surface area (Å²) < 4.78 is 18.6. The largest absolute Gasteiger partial charge is 0.443 e. The monoisotopic (exact) mass is 239 g/mol. The highest BCUT2D eigenvalue weighted by atomic mass is 19.2. The number of nitrogens with zero attached hydrogens (tertiary/aromatic N) is 1. The van der Waals surface area contributed by atoms with Crippen molar-refractivity contribution in [2.24, 2.45) is 0 Å². The summed E-state index contributed by atoms with van der Waals surface area (Å²) in [6.45, 7) is 4.89. The lowest BCUT2D eigenvalue weighted by Crippen LogP contribution is -2.32. The van der Waals surface area contributed by atoms with E-state index >= 15 is 0 Å². The normalized spacial score (nSPS) is 10.8. The number of para-hydroxylation sites is 1. The average molecular weight is 239 g/mol. The molecule has 5 heteroatoms. The van der Waals surface area contributed by atoms with E-state index < -0.39 is 11.7 Å². The number of hydrogen-bond donors (Lipinski definition) is 0. The molecule has 1 amide bonds. The lowest BCUT2D eigenvalue weighted by molar-refractivity contribution is 0.0501. The number of amides is 1. The van der Waals surface area contributed by atoms with Crippen LogP contribution in [0.25, 0.3) is 0 Å². The summed E-state index contributed by atoms with van der Waals surface area (Å²) in [5.74, 6) is 0. The van der Waals surface area contributed by atoms with Crippen molar-refractivity contribution in [2.45, 2.75) is 26.4 Å². The second kappa shape index (κ2) is 4.95. The zero-order valence-corrected chi connectivity index (χ0v) is 9.94. The Morgan fingerprint density at radius 2 is 1.94 bits per heavy atom. The van der Waals surface area contributed by atoms with Gasteiger partial charge in [-0.15, -0.1) is 5.12 Å². The molecule has 0 unspecified atom stereocenters. The Morgan fingerprint density at radius 3 is 2.47 bits per heavy atom. The standard InChI is InChI=1S/C12H14FNO3/c1-12(2,3)17-11(16)14(13)10-7-5-4-6-9(10)8-15/h4-8H,1-3H3. The van der Waals surface area contributed by atoms with Crippen molar-refractivity contribution in [3.63, 3.8) is 0 Å². The van der Waals surface area contributed by atoms with E-state index in [-0.39, 0.29) is 16.4 Å². The van der Waals surface area contributed by atoms with E-state index in [1.807, 2.05) is 0 Å². The van der Waals surface area contributed by atoms with Crippen molar-refractivity contribution in [2.75, 3.05) is 5.12 Å². The van der Waals surface area contributed by atoms with Crippen LogP contribution in [0.1, 0.15) is 31.1 Å². The predicted octanol–water partition coefficient (Wildman–Crippen LogP) is 3.13. The van der Waals surface area contributed by atoms with Gasteiger partial charge in [0.1, 0.15) is 5.60 Å². The van der Waals surface area contributed by atoms with Crippen molar-refractivity contribution >= 4 is 18.1 Å². The summed E-state index contributed by atoms with van der Waals surface area (Å²) in [4.78, 5) is 22.1. The van der Waals surface area contributed by atoms with Gasteiger partial charge in [0.05, 0.1) is 5.69 Å². The maximum atomic E-state index is 13.7. The number of ether oxygens (including phenoxy) is 1. The maximum Gasteiger partial charge on any atom is 0.443 e. The number of benzene rings is 1. The molecule has 0 aliphatic heterocycles. The maximum absolute atomic E-state index is 13.7. The fourth-order valence-electron chi connectivity index (χ4n) is 1.17. The third-order valence-electron chi connectivity index (χ3n) is 1.83. The van der Waals surface area contributed by atoms with Crippen molar-refractivity contribution in [3.05, 3.63) is 29.8 Å². The van der Waals surface area contributed by atoms with Gasteiger partial charge in [-0.25, -0.2) is 4.79 Å². The van der Waals surface area contributed by atoms with Gasteiger partial charge in [-0.3, -0.25) is 4.79 Å². The number of aldehydes is 1. The first-order valence-electron chi connectivity index (χ1n) is 5.08. The van der Waals surface area contributed by atoms with Crippen LogP contribution in [0.15, 0.2) is 24.3 Å². The van der Waals surface area contributed by atoms with Gasteiger partial charge in [-0.2, -0.15) is 0 Å². The number of carbonyl (C=O) groups is 2. The molecule has 92 valence electrons. The van der Waals surface area contributed by atoms with Gasteiger partial charge in [0.2, 0.25) is 0 Å². The third-order valence-corrected chi connectivity index (χ3v) is 1.83. The van der Waals surface area contributed by atoms with Gasteiger partial charge >= 0.3 is 6.09 Å². The molecule has 0 N–H and O–H groups in total. The molecule has 0 saturated heterocycles. The second-order valence-electron chi connectivity index (χ2n) is 4.44. The zero-order chi connectivity index (χ0) is 13.1. The highest BCUT2D eigenvalue weighted by Gasteiger charge is 2.24. The Morgan fingerprint density at radius 1 is 1.35 bits per heavy atom. The van der Waals surface area contributed by atoms with E-state index in [2.05, 4.69) is 0 Å². The van der Waals surface area contributed by atoms with Crippen LogP contribution < -0.4 is 5.12 Å². The van der Waals surface area contributed by atoms with Crippen LogP contribution in [0.3, 0.4) is 0 Å². The first-order valence-corrected chi connectivity index (χ1v) is 5.08. The molecule has 17 heavy (non-hydrogen) atoms. The second-order valence-corrected chi connectivity index (χ2v) is 4.44. The van der Waals surface area contributed by atoms with E-state index in [0.717, 1.165) is 0 Å². The summed E-state index contributed by atoms with van der Waals surface area (Å²) in [6.07, 6.45) is -0.668. The van der Waals surface area contributed by atoms with E-state index in [9.17, 15) is 14.1 Å². The number of anilines is 1. The topological polar surface area (TPSA) is 46.6 Å². The van der Waals surface area contributed by atoms with Gasteiger partial charge in [0.25, 0.3) is 0 Å². The minimum atomic E-state index is -1.15. The SMILES string of the molecule is CC(C)(C)OC(=O)N(F)c1ccccc1C=O. The summed E-state index contributed by atoms with van der Waals surface area (Å²) in [6, 6.07) is 5.85. The van der Waals surface area contributed by atoms with E-state index in [1.165, 1.54) is 18.2 Å². The lowest BCUT2D eigenvalue weighted by Gasteiger charge is -2.22. The molecular formula is C12H14FNO3. The van der Waals surface area contributed by atoms with Crippen molar-refractivity contribution < 1.29 is 18.8 Å². The number of carbonyl (C=O) groups excluding carboxylic acids is 2. The average Bonchev–Trinajstić information content (AvgIpc) is 2.25. The molecule has 0 fully saturated rings. The lowest BCUT2D eigenvalue weighted by atomic mass is 10.2. The molecule has 0 bridgehead atoms. The Hall–Kier alpha value is -1.91. The summed E-state index contributed by atoms with van der Waals surface area (Å²) in [7, 11) is 0. The van der Waals surface area contributed by atoms with E-state index in [0.29, 0.717) is 6.29 Å². The summed E-state index contributed by atoms with van der Waals surface area (Å²) in [5.41, 5.74) is -0.838. The van der Waals surface area contributed by atoms with Crippen LogP contribution in [-0.4, -0.2) is 18.0 Å². The van der Waals surface area contributed by atoms with Crippen LogP contribution in [0.2, 0.25) is 0 Å². The summed E-state index contributed by atoms with van der Waals surface area (Å²) >= 11 is 0. The van der Waals surface area contributed by atoms with Gasteiger partial charge in [-0.05, 0) is 32.9 Å². The molecule has 0 heterocycles. The molecule has 1 aromatic rings. The third kappa shape index (κ3) is 3.55. The first kappa shape index (κ1) is 13.2. The molecule has 0 saturated carbocycles. The number of rotatable bonds is 2. The highest BCUT2D eigenvalue weighted by Crippen LogP contribution is 2.21. The molecule has 0 aliphatic rings. The fraction of sp³-hybridized carbons (Fsp3) is 0.333. The zero-order valence-electron chi connectivity index (χ0n) is 9.94. The minimum Gasteiger partial charge on any atom is -0.442 e. The van der Waals surface area contributed by atoms with Crippen LogP contribution in [0, 0.1) is 0 Å². The van der Waals surface area contributed by atoms with Crippen molar-refractivity contribution in [3.8, 4) is 0 Å². The number of hydrogen-bond acceptors (Lipinski definition) is 3. The molecule has 1 aromatic carbocycles. The molecular weight excluding hydrogens is 225 g/mol. The van der Waals surface area contributed by atoms with Gasteiger partial charge in [-0.1, -0.05) is 16.6 Å². The van der Waals surface area contributed by atoms with Gasteiger partial charge < -0.3 is 4.74 Å². The Balaban J connectivity index is 2.92. The first-order chi connectivity index (χ1) is 7.85.